The molecule has 0 atom stereocenters. The molecule has 0 radical (unpaired) electrons. The Balaban J connectivity index is 1.55. The Labute approximate surface area is 145 Å². The third-order valence-electron chi connectivity index (χ3n) is 4.55. The van der Waals surface area contributed by atoms with Gasteiger partial charge in [0.2, 0.25) is 0 Å². The third-order valence-corrected chi connectivity index (χ3v) is 5.55. The van der Waals surface area contributed by atoms with E-state index in [0.717, 1.165) is 28.3 Å². The fraction of sp³-hybridized carbons (Fsp3) is 0.471. The number of rotatable bonds is 3. The van der Waals surface area contributed by atoms with Crippen LogP contribution in [0, 0.1) is 13.8 Å². The number of nitrogens with zero attached hydrogens (tertiary/aromatic N) is 3. The molecule has 1 aliphatic rings. The number of thiophene rings is 1. The normalized spacial score (nSPS) is 15.5. The minimum Gasteiger partial charge on any atom is -0.348 e. The van der Waals surface area contributed by atoms with E-state index >= 15 is 0 Å². The summed E-state index contributed by atoms with van der Waals surface area (Å²) in [6.07, 6.45) is 3.19. The van der Waals surface area contributed by atoms with Gasteiger partial charge in [-0.05, 0) is 38.8 Å². The molecular weight excluding hydrogens is 324 g/mol. The number of carbonyl (C=O) groups is 2. The fourth-order valence-electron chi connectivity index (χ4n) is 2.92. The first kappa shape index (κ1) is 16.7. The Hall–Kier alpha value is -2.15. The maximum atomic E-state index is 12.6. The molecule has 3 rings (SSSR count). The Bertz CT molecular complexity index is 756. The molecule has 2 amide bonds. The molecule has 6 nitrogen and oxygen atoms in total. The zero-order valence-electron chi connectivity index (χ0n) is 14.2. The van der Waals surface area contributed by atoms with Crippen molar-refractivity contribution in [1.29, 1.82) is 0 Å². The molecule has 0 saturated carbocycles. The van der Waals surface area contributed by atoms with Crippen LogP contribution in [0.3, 0.4) is 0 Å². The first-order valence-electron chi connectivity index (χ1n) is 8.11. The number of likely N-dealkylation sites (tertiary alicyclic amines) is 1. The van der Waals surface area contributed by atoms with E-state index in [1.807, 2.05) is 37.9 Å². The summed E-state index contributed by atoms with van der Waals surface area (Å²) in [5, 5.41) is 7.22. The van der Waals surface area contributed by atoms with E-state index in [1.54, 1.807) is 10.9 Å². The maximum absolute atomic E-state index is 12.6. The Morgan fingerprint density at radius 3 is 2.50 bits per heavy atom. The minimum absolute atomic E-state index is 0.0130. The van der Waals surface area contributed by atoms with Crippen LogP contribution in [-0.4, -0.2) is 45.6 Å². The van der Waals surface area contributed by atoms with Crippen molar-refractivity contribution in [2.45, 2.75) is 32.7 Å². The van der Waals surface area contributed by atoms with E-state index in [1.165, 1.54) is 11.3 Å². The quantitative estimate of drug-likeness (QED) is 0.926. The summed E-state index contributed by atoms with van der Waals surface area (Å²) in [6, 6.07) is 3.94. The van der Waals surface area contributed by atoms with Gasteiger partial charge in [-0.2, -0.15) is 5.10 Å². The lowest BCUT2D eigenvalue weighted by Gasteiger charge is -2.32. The molecule has 0 bridgehead atoms. The van der Waals surface area contributed by atoms with E-state index in [9.17, 15) is 9.59 Å². The van der Waals surface area contributed by atoms with Crippen LogP contribution in [0.1, 0.15) is 43.4 Å². The van der Waals surface area contributed by atoms with Crippen molar-refractivity contribution in [3.05, 3.63) is 39.3 Å². The van der Waals surface area contributed by atoms with Crippen LogP contribution in [0.4, 0.5) is 0 Å². The highest BCUT2D eigenvalue weighted by molar-refractivity contribution is 7.13. The van der Waals surface area contributed by atoms with E-state index in [-0.39, 0.29) is 17.9 Å². The number of piperidine rings is 1. The Morgan fingerprint density at radius 1 is 1.25 bits per heavy atom. The Kier molecular flexibility index (Phi) is 4.71. The molecule has 1 saturated heterocycles. The molecular formula is C17H22N4O2S. The topological polar surface area (TPSA) is 67.2 Å². The molecule has 2 aromatic heterocycles. The van der Waals surface area contributed by atoms with Crippen molar-refractivity contribution in [2.75, 3.05) is 13.1 Å². The smallest absolute Gasteiger partial charge is 0.261 e. The van der Waals surface area contributed by atoms with Crippen molar-refractivity contribution in [2.24, 2.45) is 7.05 Å². The van der Waals surface area contributed by atoms with Crippen LogP contribution >= 0.6 is 11.3 Å². The van der Waals surface area contributed by atoms with Gasteiger partial charge in [0.05, 0.1) is 16.6 Å². The van der Waals surface area contributed by atoms with Gasteiger partial charge in [-0.3, -0.25) is 14.3 Å². The van der Waals surface area contributed by atoms with Gasteiger partial charge < -0.3 is 10.2 Å². The summed E-state index contributed by atoms with van der Waals surface area (Å²) in [5.41, 5.74) is 1.54. The van der Waals surface area contributed by atoms with Crippen LogP contribution in [-0.2, 0) is 7.05 Å². The number of hydrogen-bond donors (Lipinski definition) is 1. The molecule has 0 aromatic carbocycles. The monoisotopic (exact) mass is 346 g/mol. The number of aryl methyl sites for hydroxylation is 2. The zero-order valence-corrected chi connectivity index (χ0v) is 15.0. The number of hydrogen-bond acceptors (Lipinski definition) is 4. The lowest BCUT2D eigenvalue weighted by atomic mass is 10.0. The van der Waals surface area contributed by atoms with Crippen LogP contribution < -0.4 is 5.32 Å². The van der Waals surface area contributed by atoms with Gasteiger partial charge in [0.1, 0.15) is 0 Å². The molecule has 0 aliphatic carbocycles. The standard InChI is InChI=1S/C17H22N4O2S/c1-11-4-5-15(24-11)16(22)19-13-6-8-21(9-7-13)17(23)14-10-18-20(3)12(14)2/h4-5,10,13H,6-9H2,1-3H3,(H,19,22). The average Bonchev–Trinajstić information content (AvgIpc) is 3.14. The van der Waals surface area contributed by atoms with Gasteiger partial charge in [-0.25, -0.2) is 0 Å². The predicted octanol–water partition coefficient (Wildman–Crippen LogP) is 2.13. The first-order valence-corrected chi connectivity index (χ1v) is 8.92. The van der Waals surface area contributed by atoms with Crippen LogP contribution in [0.25, 0.3) is 0 Å². The summed E-state index contributed by atoms with van der Waals surface area (Å²) < 4.78 is 1.71. The van der Waals surface area contributed by atoms with Crippen molar-refractivity contribution in [1.82, 2.24) is 20.0 Å². The van der Waals surface area contributed by atoms with Gasteiger partial charge in [-0.1, -0.05) is 0 Å². The molecule has 1 N–H and O–H groups in total. The molecule has 0 unspecified atom stereocenters. The van der Waals surface area contributed by atoms with Gasteiger partial charge in [-0.15, -0.1) is 11.3 Å². The molecule has 1 fully saturated rings. The van der Waals surface area contributed by atoms with E-state index in [2.05, 4.69) is 10.4 Å². The Morgan fingerprint density at radius 2 is 1.96 bits per heavy atom. The summed E-state index contributed by atoms with van der Waals surface area (Å²) in [5.74, 6) is 0.0141. The number of amides is 2. The molecule has 3 heterocycles. The largest absolute Gasteiger partial charge is 0.348 e. The zero-order chi connectivity index (χ0) is 17.3. The van der Waals surface area contributed by atoms with Crippen LogP contribution in [0.2, 0.25) is 0 Å². The van der Waals surface area contributed by atoms with E-state index in [4.69, 9.17) is 0 Å². The number of carbonyl (C=O) groups excluding carboxylic acids is 2. The molecule has 128 valence electrons. The second-order valence-corrected chi connectivity index (χ2v) is 7.51. The van der Waals surface area contributed by atoms with Gasteiger partial charge in [0.25, 0.3) is 11.8 Å². The second-order valence-electron chi connectivity index (χ2n) is 6.22. The summed E-state index contributed by atoms with van der Waals surface area (Å²) >= 11 is 1.51. The summed E-state index contributed by atoms with van der Waals surface area (Å²) in [4.78, 5) is 28.5. The van der Waals surface area contributed by atoms with Crippen molar-refractivity contribution >= 4 is 23.2 Å². The van der Waals surface area contributed by atoms with Crippen molar-refractivity contribution in [3.63, 3.8) is 0 Å². The van der Waals surface area contributed by atoms with E-state index in [0.29, 0.717) is 18.7 Å². The van der Waals surface area contributed by atoms with Gasteiger partial charge in [0.15, 0.2) is 0 Å². The summed E-state index contributed by atoms with van der Waals surface area (Å²) in [7, 11) is 1.83. The fourth-order valence-corrected chi connectivity index (χ4v) is 3.69. The lowest BCUT2D eigenvalue weighted by Crippen LogP contribution is -2.46. The second kappa shape index (κ2) is 6.76. The SMILES string of the molecule is Cc1ccc(C(=O)NC2CCN(C(=O)c3cnn(C)c3C)CC2)s1. The molecule has 24 heavy (non-hydrogen) atoms. The van der Waals surface area contributed by atoms with Crippen LogP contribution in [0.15, 0.2) is 18.3 Å². The first-order chi connectivity index (χ1) is 11.5. The number of nitrogens with one attached hydrogen (secondary N) is 1. The maximum Gasteiger partial charge on any atom is 0.261 e. The van der Waals surface area contributed by atoms with Crippen LogP contribution in [0.5, 0.6) is 0 Å². The average molecular weight is 346 g/mol. The van der Waals surface area contributed by atoms with Gasteiger partial charge in [0, 0.05) is 36.8 Å². The highest BCUT2D eigenvalue weighted by atomic mass is 32.1. The van der Waals surface area contributed by atoms with Crippen molar-refractivity contribution in [3.8, 4) is 0 Å². The summed E-state index contributed by atoms with van der Waals surface area (Å²) in [6.45, 7) is 5.20. The van der Waals surface area contributed by atoms with Crippen molar-refractivity contribution < 1.29 is 9.59 Å². The predicted molar refractivity (Wildman–Crippen MR) is 93.4 cm³/mol. The third kappa shape index (κ3) is 3.36. The number of aromatic nitrogens is 2. The molecule has 1 aliphatic heterocycles. The van der Waals surface area contributed by atoms with Gasteiger partial charge >= 0.3 is 0 Å². The highest BCUT2D eigenvalue weighted by Crippen LogP contribution is 2.18. The van der Waals surface area contributed by atoms with E-state index < -0.39 is 0 Å². The molecule has 7 heteroatoms. The minimum atomic E-state index is -0.0130. The highest BCUT2D eigenvalue weighted by Gasteiger charge is 2.26. The lowest BCUT2D eigenvalue weighted by molar-refractivity contribution is 0.0697. The molecule has 2 aromatic rings. The molecule has 0 spiro atoms.